The lowest BCUT2D eigenvalue weighted by Crippen LogP contribution is -2.46. The van der Waals surface area contributed by atoms with Gasteiger partial charge in [-0.15, -0.1) is 5.10 Å². The molecule has 2 aromatic heterocycles. The number of hydrogen-bond acceptors (Lipinski definition) is 6. The molecule has 2 aromatic carbocycles. The molecule has 7 nitrogen and oxygen atoms in total. The summed E-state index contributed by atoms with van der Waals surface area (Å²) in [4.78, 5) is 21.2. The minimum Gasteiger partial charge on any atom is -0.368 e. The van der Waals surface area contributed by atoms with Crippen molar-refractivity contribution in [3.63, 3.8) is 0 Å². The number of nitrogens with zero attached hydrogens (tertiary/aromatic N) is 5. The van der Waals surface area contributed by atoms with E-state index in [9.17, 15) is 9.18 Å². The van der Waals surface area contributed by atoms with Crippen LogP contribution in [0.1, 0.15) is 10.4 Å². The molecule has 0 spiro atoms. The van der Waals surface area contributed by atoms with E-state index in [0.717, 1.165) is 53.2 Å². The van der Waals surface area contributed by atoms with Gasteiger partial charge in [0, 0.05) is 43.0 Å². The molecule has 2 N–H and O–H groups in total. The van der Waals surface area contributed by atoms with E-state index in [4.69, 9.17) is 5.73 Å². The first kappa shape index (κ1) is 18.6. The van der Waals surface area contributed by atoms with Gasteiger partial charge in [-0.3, -0.25) is 4.79 Å². The molecular formula is C21H19FN6OS. The number of piperazine rings is 1. The average molecular weight is 422 g/mol. The van der Waals surface area contributed by atoms with Crippen LogP contribution in [-0.4, -0.2) is 46.7 Å². The number of carbonyl (C=O) groups is 1. The Hall–Kier alpha value is -3.46. The number of fused-ring (bicyclic) bond motifs is 1. The van der Waals surface area contributed by atoms with Gasteiger partial charge in [0.2, 0.25) is 16.0 Å². The maximum absolute atomic E-state index is 13.1. The molecule has 0 radical (unpaired) electrons. The van der Waals surface area contributed by atoms with Gasteiger partial charge in [0.15, 0.2) is 0 Å². The van der Waals surface area contributed by atoms with Crippen molar-refractivity contribution in [1.29, 1.82) is 0 Å². The van der Waals surface area contributed by atoms with Gasteiger partial charge in [-0.05, 0) is 48.5 Å². The molecule has 30 heavy (non-hydrogen) atoms. The van der Waals surface area contributed by atoms with E-state index in [1.54, 1.807) is 40.1 Å². The zero-order chi connectivity index (χ0) is 20.7. The Bertz CT molecular complexity index is 1160. The number of halogens is 1. The number of nitrogens with two attached hydrogens (primary N) is 1. The van der Waals surface area contributed by atoms with Gasteiger partial charge in [-0.25, -0.2) is 13.9 Å². The highest BCUT2D eigenvalue weighted by molar-refractivity contribution is 7.20. The summed E-state index contributed by atoms with van der Waals surface area (Å²) < 4.78 is 14.9. The molecule has 1 aliphatic heterocycles. The fourth-order valence-corrected chi connectivity index (χ4v) is 4.50. The second kappa shape index (κ2) is 7.42. The van der Waals surface area contributed by atoms with Gasteiger partial charge in [-0.2, -0.15) is 0 Å². The van der Waals surface area contributed by atoms with Crippen molar-refractivity contribution >= 4 is 33.0 Å². The zero-order valence-corrected chi connectivity index (χ0v) is 16.8. The number of anilines is 2. The summed E-state index contributed by atoms with van der Waals surface area (Å²) >= 11 is 1.55. The van der Waals surface area contributed by atoms with Crippen LogP contribution in [0.3, 0.4) is 0 Å². The lowest BCUT2D eigenvalue weighted by molar-refractivity contribution is 0.100. The highest BCUT2D eigenvalue weighted by Crippen LogP contribution is 2.28. The Labute approximate surface area is 176 Å². The molecule has 1 amide bonds. The van der Waals surface area contributed by atoms with Crippen molar-refractivity contribution < 1.29 is 9.18 Å². The number of imidazole rings is 1. The molecule has 0 aliphatic carbocycles. The van der Waals surface area contributed by atoms with Crippen LogP contribution in [0.25, 0.3) is 16.2 Å². The van der Waals surface area contributed by atoms with E-state index in [1.807, 2.05) is 18.3 Å². The molecule has 1 fully saturated rings. The molecule has 1 saturated heterocycles. The highest BCUT2D eigenvalue weighted by Gasteiger charge is 2.21. The van der Waals surface area contributed by atoms with Gasteiger partial charge in [-0.1, -0.05) is 11.3 Å². The third-order valence-corrected chi connectivity index (χ3v) is 6.22. The smallest absolute Gasteiger partial charge is 0.248 e. The molecule has 1 aliphatic rings. The molecule has 0 atom stereocenters. The maximum atomic E-state index is 13.1. The summed E-state index contributed by atoms with van der Waals surface area (Å²) in [5, 5.41) is 5.62. The summed E-state index contributed by atoms with van der Waals surface area (Å²) in [6.07, 6.45) is 1.87. The maximum Gasteiger partial charge on any atom is 0.248 e. The van der Waals surface area contributed by atoms with Crippen LogP contribution < -0.4 is 15.5 Å². The van der Waals surface area contributed by atoms with Crippen LogP contribution in [0.5, 0.6) is 0 Å². The number of hydrogen-bond donors (Lipinski definition) is 1. The van der Waals surface area contributed by atoms with Crippen molar-refractivity contribution in [2.75, 3.05) is 36.0 Å². The van der Waals surface area contributed by atoms with Crippen molar-refractivity contribution in [2.24, 2.45) is 5.73 Å². The Balaban J connectivity index is 1.27. The highest BCUT2D eigenvalue weighted by atomic mass is 32.1. The second-order valence-electron chi connectivity index (χ2n) is 7.13. The number of primary amides is 1. The van der Waals surface area contributed by atoms with Crippen molar-refractivity contribution in [3.05, 3.63) is 66.1 Å². The second-order valence-corrected chi connectivity index (χ2v) is 8.06. The van der Waals surface area contributed by atoms with Crippen LogP contribution in [0, 0.1) is 5.82 Å². The third-order valence-electron chi connectivity index (χ3n) is 5.24. The molecule has 3 heterocycles. The first-order chi connectivity index (χ1) is 14.6. The quantitative estimate of drug-likeness (QED) is 0.547. The van der Waals surface area contributed by atoms with Gasteiger partial charge in [0.05, 0.1) is 11.9 Å². The van der Waals surface area contributed by atoms with Crippen LogP contribution in [0.4, 0.5) is 15.2 Å². The average Bonchev–Trinajstić information content (AvgIpc) is 3.34. The Kier molecular flexibility index (Phi) is 4.59. The van der Waals surface area contributed by atoms with E-state index in [2.05, 4.69) is 19.9 Å². The minimum absolute atomic E-state index is 0.261. The predicted octanol–water partition coefficient (Wildman–Crippen LogP) is 3.02. The van der Waals surface area contributed by atoms with Gasteiger partial charge in [0.1, 0.15) is 5.82 Å². The summed E-state index contributed by atoms with van der Waals surface area (Å²) in [6, 6.07) is 13.7. The monoisotopic (exact) mass is 422 g/mol. The Morgan fingerprint density at radius 1 is 0.967 bits per heavy atom. The summed E-state index contributed by atoms with van der Waals surface area (Å²) in [5.74, 6) is -0.675. The largest absolute Gasteiger partial charge is 0.368 e. The topological polar surface area (TPSA) is 79.8 Å². The van der Waals surface area contributed by atoms with Crippen molar-refractivity contribution in [3.8, 4) is 11.3 Å². The Morgan fingerprint density at radius 3 is 2.27 bits per heavy atom. The lowest BCUT2D eigenvalue weighted by Gasteiger charge is -2.35. The van der Waals surface area contributed by atoms with E-state index in [0.29, 0.717) is 5.56 Å². The van der Waals surface area contributed by atoms with E-state index >= 15 is 0 Å². The number of rotatable bonds is 4. The molecule has 0 bridgehead atoms. The van der Waals surface area contributed by atoms with Crippen molar-refractivity contribution in [2.45, 2.75) is 0 Å². The van der Waals surface area contributed by atoms with Crippen molar-refractivity contribution in [1.82, 2.24) is 14.6 Å². The zero-order valence-electron chi connectivity index (χ0n) is 16.0. The molecular weight excluding hydrogens is 403 g/mol. The lowest BCUT2D eigenvalue weighted by atomic mass is 10.1. The number of amides is 1. The first-order valence-corrected chi connectivity index (χ1v) is 10.4. The van der Waals surface area contributed by atoms with Crippen LogP contribution in [-0.2, 0) is 0 Å². The molecule has 5 rings (SSSR count). The van der Waals surface area contributed by atoms with Crippen LogP contribution >= 0.6 is 11.3 Å². The first-order valence-electron chi connectivity index (χ1n) is 9.59. The minimum atomic E-state index is -0.414. The van der Waals surface area contributed by atoms with E-state index in [1.165, 1.54) is 12.1 Å². The number of carbonyl (C=O) groups excluding carboxylic acids is 1. The molecule has 4 aromatic rings. The fraction of sp³-hybridized carbons (Fsp3) is 0.190. The molecule has 9 heteroatoms. The molecule has 0 unspecified atom stereocenters. The van der Waals surface area contributed by atoms with Crippen LogP contribution in [0.15, 0.2) is 54.7 Å². The summed E-state index contributed by atoms with van der Waals surface area (Å²) in [7, 11) is 0. The van der Waals surface area contributed by atoms with Gasteiger partial charge >= 0.3 is 0 Å². The summed E-state index contributed by atoms with van der Waals surface area (Å²) in [6.45, 7) is 3.41. The molecule has 0 saturated carbocycles. The fourth-order valence-electron chi connectivity index (χ4n) is 3.57. The standard InChI is InChI=1S/C21H19FN6OS/c22-16-5-1-14(2-6-16)18-13-28-20(24-18)30-21(25-28)27-11-9-26(10-12-27)17-7-3-15(4-8-17)19(23)29/h1-8,13H,9-12H2,(H2,23,29). The number of aromatic nitrogens is 3. The Morgan fingerprint density at radius 2 is 1.63 bits per heavy atom. The number of benzene rings is 2. The van der Waals surface area contributed by atoms with Gasteiger partial charge in [0.25, 0.3) is 0 Å². The normalized spacial score (nSPS) is 14.4. The third kappa shape index (κ3) is 3.48. The summed E-state index contributed by atoms with van der Waals surface area (Å²) in [5.41, 5.74) is 8.56. The van der Waals surface area contributed by atoms with Gasteiger partial charge < -0.3 is 15.5 Å². The van der Waals surface area contributed by atoms with Crippen LogP contribution in [0.2, 0.25) is 0 Å². The SMILES string of the molecule is NC(=O)c1ccc(N2CCN(c3nn4cc(-c5ccc(F)cc5)nc4s3)CC2)cc1. The molecule has 152 valence electrons. The van der Waals surface area contributed by atoms with E-state index in [-0.39, 0.29) is 5.82 Å². The predicted molar refractivity (Wildman–Crippen MR) is 116 cm³/mol. The van der Waals surface area contributed by atoms with E-state index < -0.39 is 5.91 Å².